The van der Waals surface area contributed by atoms with E-state index in [1.54, 1.807) is 23.3 Å². The molecule has 1 amide bonds. The highest BCUT2D eigenvalue weighted by Crippen LogP contribution is 2.33. The molecule has 2 aliphatic heterocycles. The van der Waals surface area contributed by atoms with Gasteiger partial charge in [0.25, 0.3) is 5.91 Å². The van der Waals surface area contributed by atoms with Gasteiger partial charge in [0, 0.05) is 41.7 Å². The summed E-state index contributed by atoms with van der Waals surface area (Å²) in [5.74, 6) is 0.0382. The Bertz CT molecular complexity index is 1260. The minimum Gasteiger partial charge on any atom is -0.377 e. The Hall–Kier alpha value is -2.72. The zero-order valence-electron chi connectivity index (χ0n) is 17.2. The number of aromatic nitrogens is 3. The summed E-state index contributed by atoms with van der Waals surface area (Å²) in [5, 5.41) is 8.20. The molecule has 0 bridgehead atoms. The van der Waals surface area contributed by atoms with Crippen molar-refractivity contribution >= 4 is 39.4 Å². The number of rotatable bonds is 4. The second-order valence-electron chi connectivity index (χ2n) is 7.99. The van der Waals surface area contributed by atoms with Crippen LogP contribution in [0.25, 0.3) is 10.2 Å². The van der Waals surface area contributed by atoms with Crippen molar-refractivity contribution < 1.29 is 9.53 Å². The molecule has 1 saturated heterocycles. The topological polar surface area (TPSA) is 72.3 Å². The van der Waals surface area contributed by atoms with Crippen LogP contribution in [-0.2, 0) is 28.2 Å². The van der Waals surface area contributed by atoms with Gasteiger partial charge in [0.05, 0.1) is 41.2 Å². The van der Waals surface area contributed by atoms with Crippen LogP contribution < -0.4 is 5.32 Å². The van der Waals surface area contributed by atoms with Crippen molar-refractivity contribution in [2.24, 2.45) is 0 Å². The number of nitrogens with zero attached hydrogens (tertiary/aromatic N) is 4. The van der Waals surface area contributed by atoms with Crippen LogP contribution in [0.4, 0.5) is 0 Å². The maximum atomic E-state index is 13.7. The Morgan fingerprint density at radius 1 is 1.19 bits per heavy atom. The summed E-state index contributed by atoms with van der Waals surface area (Å²) in [7, 11) is 0. The second-order valence-corrected chi connectivity index (χ2v) is 9.90. The van der Waals surface area contributed by atoms with E-state index in [0.717, 1.165) is 27.2 Å². The molecule has 162 valence electrons. The quantitative estimate of drug-likeness (QED) is 0.500. The molecule has 1 fully saturated rings. The van der Waals surface area contributed by atoms with E-state index in [1.807, 2.05) is 57.1 Å². The first-order valence-electron chi connectivity index (χ1n) is 10.5. The van der Waals surface area contributed by atoms with E-state index < -0.39 is 5.54 Å². The van der Waals surface area contributed by atoms with E-state index in [9.17, 15) is 4.79 Å². The third-order valence-corrected chi connectivity index (χ3v) is 7.60. The lowest BCUT2D eigenvalue weighted by molar-refractivity contribution is -0.145. The fourth-order valence-electron chi connectivity index (χ4n) is 4.37. The van der Waals surface area contributed by atoms with Gasteiger partial charge in [-0.15, -0.1) is 11.3 Å². The van der Waals surface area contributed by atoms with Gasteiger partial charge in [0.2, 0.25) is 0 Å². The lowest BCUT2D eigenvalue weighted by atomic mass is 9.88. The van der Waals surface area contributed by atoms with Crippen molar-refractivity contribution in [2.75, 3.05) is 19.8 Å². The number of nitrogens with one attached hydrogen (secondary N) is 1. The summed E-state index contributed by atoms with van der Waals surface area (Å²) in [6.45, 7) is 2.65. The van der Waals surface area contributed by atoms with Crippen molar-refractivity contribution in [3.8, 4) is 0 Å². The molecule has 4 heterocycles. The number of morpholine rings is 1. The normalized spacial score (nSPS) is 20.6. The molecule has 0 spiro atoms. The van der Waals surface area contributed by atoms with Crippen LogP contribution in [0.5, 0.6) is 0 Å². The largest absolute Gasteiger partial charge is 0.377 e. The molecule has 2 aliphatic rings. The molecule has 4 aromatic rings. The molecule has 6 rings (SSSR count). The summed E-state index contributed by atoms with van der Waals surface area (Å²) < 4.78 is 8.81. The molecule has 1 unspecified atom stereocenters. The maximum absolute atomic E-state index is 13.7. The number of ether oxygens (including phenoxy) is 1. The van der Waals surface area contributed by atoms with Gasteiger partial charge in [-0.2, -0.15) is 5.10 Å². The monoisotopic (exact) mass is 463 g/mol. The summed E-state index contributed by atoms with van der Waals surface area (Å²) >= 11 is 3.21. The van der Waals surface area contributed by atoms with E-state index in [-0.39, 0.29) is 5.91 Å². The fourth-order valence-corrected chi connectivity index (χ4v) is 6.00. The maximum Gasteiger partial charge on any atom is 0.250 e. The highest BCUT2D eigenvalue weighted by Gasteiger charge is 2.46. The predicted molar refractivity (Wildman–Crippen MR) is 124 cm³/mol. The molecule has 0 saturated carbocycles. The standard InChI is InChI=1S/C23H21N5O2S2/c29-22(23(14-30-9-8-25-23)17-4-2-1-3-5-17)27-11-16-12-28(26-20(16)13-27)32-18-6-7-19-21(10-18)31-15-24-19/h1-7,10,12,15,25H,8-9,11,13-14H2. The second kappa shape index (κ2) is 8.00. The van der Waals surface area contributed by atoms with Crippen molar-refractivity contribution in [1.82, 2.24) is 24.4 Å². The Morgan fingerprint density at radius 2 is 2.09 bits per heavy atom. The zero-order chi connectivity index (χ0) is 21.5. The van der Waals surface area contributed by atoms with E-state index in [0.29, 0.717) is 32.8 Å². The van der Waals surface area contributed by atoms with Gasteiger partial charge in [0.15, 0.2) is 0 Å². The highest BCUT2D eigenvalue weighted by atomic mass is 32.2. The van der Waals surface area contributed by atoms with E-state index in [4.69, 9.17) is 9.84 Å². The van der Waals surface area contributed by atoms with Crippen LogP contribution in [0.3, 0.4) is 0 Å². The van der Waals surface area contributed by atoms with Gasteiger partial charge in [-0.3, -0.25) is 10.1 Å². The van der Waals surface area contributed by atoms with Crippen LogP contribution in [0.15, 0.2) is 65.1 Å². The Kier molecular flexibility index (Phi) is 4.98. The predicted octanol–water partition coefficient (Wildman–Crippen LogP) is 3.41. The number of carbonyl (C=O) groups excluding carboxylic acids is 1. The number of thiazole rings is 1. The third-order valence-electron chi connectivity index (χ3n) is 5.97. The van der Waals surface area contributed by atoms with Crippen molar-refractivity contribution in [3.63, 3.8) is 0 Å². The van der Waals surface area contributed by atoms with Crippen molar-refractivity contribution in [3.05, 3.63) is 77.1 Å². The molecule has 2 aromatic heterocycles. The Balaban J connectivity index is 1.21. The Morgan fingerprint density at radius 3 is 2.91 bits per heavy atom. The van der Waals surface area contributed by atoms with Crippen LogP contribution in [0.1, 0.15) is 16.8 Å². The van der Waals surface area contributed by atoms with Crippen LogP contribution in [-0.4, -0.2) is 44.7 Å². The smallest absolute Gasteiger partial charge is 0.250 e. The van der Waals surface area contributed by atoms with Gasteiger partial charge < -0.3 is 9.64 Å². The summed E-state index contributed by atoms with van der Waals surface area (Å²) in [5.41, 5.74) is 5.01. The van der Waals surface area contributed by atoms with E-state index in [2.05, 4.69) is 22.4 Å². The van der Waals surface area contributed by atoms with Gasteiger partial charge in [0.1, 0.15) is 5.54 Å². The number of fused-ring (bicyclic) bond motifs is 2. The first-order chi connectivity index (χ1) is 15.7. The van der Waals surface area contributed by atoms with Gasteiger partial charge in [-0.05, 0) is 23.8 Å². The molecule has 7 nitrogen and oxygen atoms in total. The fraction of sp³-hybridized carbons (Fsp3) is 0.261. The number of carbonyl (C=O) groups is 1. The summed E-state index contributed by atoms with van der Waals surface area (Å²) in [6, 6.07) is 16.1. The van der Waals surface area contributed by atoms with Gasteiger partial charge in [-0.25, -0.2) is 9.07 Å². The highest BCUT2D eigenvalue weighted by molar-refractivity contribution is 7.97. The molecule has 9 heteroatoms. The van der Waals surface area contributed by atoms with Crippen molar-refractivity contribution in [2.45, 2.75) is 23.5 Å². The van der Waals surface area contributed by atoms with Crippen LogP contribution in [0, 0.1) is 0 Å². The Labute approximate surface area is 193 Å². The van der Waals surface area contributed by atoms with Gasteiger partial charge in [-0.1, -0.05) is 30.3 Å². The average molecular weight is 464 g/mol. The average Bonchev–Trinajstić information content (AvgIpc) is 3.54. The van der Waals surface area contributed by atoms with Crippen LogP contribution in [0.2, 0.25) is 0 Å². The number of benzene rings is 2. The minimum absolute atomic E-state index is 0.0382. The molecular weight excluding hydrogens is 442 g/mol. The molecule has 0 radical (unpaired) electrons. The SMILES string of the molecule is O=C(N1Cc2cn(Sc3ccc4ncsc4c3)nc2C1)C1(c2ccccc2)COCCN1. The molecule has 32 heavy (non-hydrogen) atoms. The number of hydrogen-bond donors (Lipinski definition) is 1. The summed E-state index contributed by atoms with van der Waals surface area (Å²) in [4.78, 5) is 21.0. The minimum atomic E-state index is -0.849. The van der Waals surface area contributed by atoms with Crippen LogP contribution >= 0.6 is 23.3 Å². The van der Waals surface area contributed by atoms with Crippen molar-refractivity contribution in [1.29, 1.82) is 0 Å². The molecule has 2 aromatic carbocycles. The first kappa shape index (κ1) is 19.9. The van der Waals surface area contributed by atoms with Gasteiger partial charge >= 0.3 is 0 Å². The molecular formula is C23H21N5O2S2. The van der Waals surface area contributed by atoms with E-state index in [1.165, 1.54) is 4.70 Å². The molecule has 1 N–H and O–H groups in total. The third kappa shape index (κ3) is 3.41. The lowest BCUT2D eigenvalue weighted by Crippen LogP contribution is -2.60. The zero-order valence-corrected chi connectivity index (χ0v) is 18.9. The first-order valence-corrected chi connectivity index (χ1v) is 12.1. The number of hydrogen-bond acceptors (Lipinski definition) is 7. The number of amides is 1. The summed E-state index contributed by atoms with van der Waals surface area (Å²) in [6.07, 6.45) is 2.03. The molecule has 1 atom stereocenters. The van der Waals surface area contributed by atoms with E-state index >= 15 is 0 Å². The molecule has 0 aliphatic carbocycles. The lowest BCUT2D eigenvalue weighted by Gasteiger charge is -2.39.